The van der Waals surface area contributed by atoms with E-state index in [0.29, 0.717) is 19.8 Å². The Kier molecular flexibility index (Phi) is 6.43. The molecule has 0 amide bonds. The molecule has 1 fully saturated rings. The molecule has 0 spiro atoms. The number of rotatable bonds is 8. The molecule has 5 heteroatoms. The fourth-order valence-electron chi connectivity index (χ4n) is 2.57. The standard InChI is InChI=1S/C15H31N3O2/c1-14(2,13(16)17)6-4-5-9-18(3)12-15(19)7-10-20-11-8-15/h19H,4-12H2,1-3H3,(H3,16,17). The fourth-order valence-corrected chi connectivity index (χ4v) is 2.57. The molecule has 0 saturated carbocycles. The number of unbranched alkanes of at least 4 members (excludes halogenated alkanes) is 1. The van der Waals surface area contributed by atoms with Crippen molar-refractivity contribution in [1.29, 1.82) is 5.41 Å². The van der Waals surface area contributed by atoms with E-state index < -0.39 is 5.60 Å². The lowest BCUT2D eigenvalue weighted by Crippen LogP contribution is -2.45. The van der Waals surface area contributed by atoms with Gasteiger partial charge in [0.05, 0.1) is 11.4 Å². The molecule has 1 aliphatic heterocycles. The summed E-state index contributed by atoms with van der Waals surface area (Å²) in [6.45, 7) is 7.05. The van der Waals surface area contributed by atoms with Crippen molar-refractivity contribution < 1.29 is 9.84 Å². The summed E-state index contributed by atoms with van der Waals surface area (Å²) in [7, 11) is 2.06. The number of hydrogen-bond acceptors (Lipinski definition) is 4. The maximum Gasteiger partial charge on any atom is 0.0963 e. The Bertz CT molecular complexity index is 312. The second-order valence-corrected chi connectivity index (χ2v) is 6.83. The third-order valence-corrected chi connectivity index (χ3v) is 4.31. The maximum atomic E-state index is 10.4. The maximum absolute atomic E-state index is 10.4. The average molecular weight is 285 g/mol. The number of ether oxygens (including phenoxy) is 1. The lowest BCUT2D eigenvalue weighted by atomic mass is 9.86. The number of aliphatic hydroxyl groups is 1. The molecule has 0 aliphatic carbocycles. The smallest absolute Gasteiger partial charge is 0.0963 e. The van der Waals surface area contributed by atoms with Gasteiger partial charge >= 0.3 is 0 Å². The summed E-state index contributed by atoms with van der Waals surface area (Å²) in [5.41, 5.74) is 4.81. The number of hydrogen-bond donors (Lipinski definition) is 3. The van der Waals surface area contributed by atoms with E-state index in [1.165, 1.54) is 0 Å². The van der Waals surface area contributed by atoms with Crippen LogP contribution in [0.1, 0.15) is 46.0 Å². The van der Waals surface area contributed by atoms with Gasteiger partial charge in [-0.15, -0.1) is 0 Å². The highest BCUT2D eigenvalue weighted by Gasteiger charge is 2.30. The molecule has 1 rings (SSSR count). The first-order chi connectivity index (χ1) is 9.25. The number of amidine groups is 1. The molecule has 0 bridgehead atoms. The van der Waals surface area contributed by atoms with E-state index in [1.807, 2.05) is 13.8 Å². The summed E-state index contributed by atoms with van der Waals surface area (Å²) in [4.78, 5) is 2.20. The highest BCUT2D eigenvalue weighted by Crippen LogP contribution is 2.24. The van der Waals surface area contributed by atoms with E-state index in [-0.39, 0.29) is 11.3 Å². The van der Waals surface area contributed by atoms with Gasteiger partial charge in [0.25, 0.3) is 0 Å². The van der Waals surface area contributed by atoms with Gasteiger partial charge in [0.2, 0.25) is 0 Å². The van der Waals surface area contributed by atoms with Gasteiger partial charge in [0.1, 0.15) is 0 Å². The van der Waals surface area contributed by atoms with Crippen LogP contribution in [-0.2, 0) is 4.74 Å². The zero-order valence-electron chi connectivity index (χ0n) is 13.2. The van der Waals surface area contributed by atoms with Crippen LogP contribution < -0.4 is 5.73 Å². The number of nitrogens with two attached hydrogens (primary N) is 1. The minimum Gasteiger partial charge on any atom is -0.388 e. The minimum absolute atomic E-state index is 0.197. The van der Waals surface area contributed by atoms with Crippen LogP contribution in [0.5, 0.6) is 0 Å². The van der Waals surface area contributed by atoms with Crippen LogP contribution in [0.3, 0.4) is 0 Å². The third kappa shape index (κ3) is 5.77. The van der Waals surface area contributed by atoms with Crippen molar-refractivity contribution in [2.24, 2.45) is 11.1 Å². The molecule has 118 valence electrons. The zero-order valence-corrected chi connectivity index (χ0v) is 13.2. The number of nitrogens with zero attached hydrogens (tertiary/aromatic N) is 1. The van der Waals surface area contributed by atoms with Gasteiger partial charge in [0, 0.05) is 38.0 Å². The first-order valence-electron chi connectivity index (χ1n) is 7.58. The first kappa shape index (κ1) is 17.4. The Labute approximate surface area is 123 Å². The first-order valence-corrected chi connectivity index (χ1v) is 7.58. The molecule has 0 aromatic carbocycles. The Hall–Kier alpha value is -0.650. The molecule has 20 heavy (non-hydrogen) atoms. The Morgan fingerprint density at radius 1 is 1.35 bits per heavy atom. The lowest BCUT2D eigenvalue weighted by Gasteiger charge is -2.35. The summed E-state index contributed by atoms with van der Waals surface area (Å²) < 4.78 is 5.29. The van der Waals surface area contributed by atoms with Crippen LogP contribution in [-0.4, -0.2) is 54.8 Å². The molecule has 1 heterocycles. The van der Waals surface area contributed by atoms with E-state index in [9.17, 15) is 5.11 Å². The van der Waals surface area contributed by atoms with Crippen molar-refractivity contribution in [3.8, 4) is 0 Å². The molecule has 1 saturated heterocycles. The van der Waals surface area contributed by atoms with E-state index in [2.05, 4.69) is 11.9 Å². The average Bonchev–Trinajstić information content (AvgIpc) is 2.35. The molecule has 0 aromatic rings. The van der Waals surface area contributed by atoms with Crippen molar-refractivity contribution >= 4 is 5.84 Å². The quantitative estimate of drug-likeness (QED) is 0.359. The van der Waals surface area contributed by atoms with Gasteiger partial charge in [-0.3, -0.25) is 5.41 Å². The van der Waals surface area contributed by atoms with E-state index in [0.717, 1.165) is 38.6 Å². The van der Waals surface area contributed by atoms with Crippen LogP contribution >= 0.6 is 0 Å². The molecule has 0 atom stereocenters. The highest BCUT2D eigenvalue weighted by atomic mass is 16.5. The molecule has 0 radical (unpaired) electrons. The Morgan fingerprint density at radius 2 is 1.95 bits per heavy atom. The van der Waals surface area contributed by atoms with Crippen molar-refractivity contribution in [2.75, 3.05) is 33.4 Å². The summed E-state index contributed by atoms with van der Waals surface area (Å²) in [5, 5.41) is 18.0. The van der Waals surface area contributed by atoms with Gasteiger partial charge < -0.3 is 20.5 Å². The van der Waals surface area contributed by atoms with Gasteiger partial charge in [-0.05, 0) is 26.4 Å². The predicted molar refractivity (Wildman–Crippen MR) is 82.0 cm³/mol. The van der Waals surface area contributed by atoms with E-state index in [4.69, 9.17) is 15.9 Å². The molecule has 4 N–H and O–H groups in total. The van der Waals surface area contributed by atoms with Crippen LogP contribution in [0.25, 0.3) is 0 Å². The van der Waals surface area contributed by atoms with Crippen molar-refractivity contribution in [1.82, 2.24) is 4.90 Å². The summed E-state index contributed by atoms with van der Waals surface area (Å²) in [5.74, 6) is 0.266. The number of likely N-dealkylation sites (N-methyl/N-ethyl adjacent to an activating group) is 1. The van der Waals surface area contributed by atoms with E-state index in [1.54, 1.807) is 0 Å². The summed E-state index contributed by atoms with van der Waals surface area (Å²) >= 11 is 0. The zero-order chi connectivity index (χ0) is 15.2. The topological polar surface area (TPSA) is 82.6 Å². The van der Waals surface area contributed by atoms with Gasteiger partial charge in [0.15, 0.2) is 0 Å². The second kappa shape index (κ2) is 7.38. The highest BCUT2D eigenvalue weighted by molar-refractivity contribution is 5.82. The molecule has 5 nitrogen and oxygen atoms in total. The van der Waals surface area contributed by atoms with Gasteiger partial charge in [-0.2, -0.15) is 0 Å². The molecule has 0 aromatic heterocycles. The largest absolute Gasteiger partial charge is 0.388 e. The molecular weight excluding hydrogens is 254 g/mol. The van der Waals surface area contributed by atoms with Crippen LogP contribution in [0.15, 0.2) is 0 Å². The monoisotopic (exact) mass is 285 g/mol. The molecular formula is C15H31N3O2. The van der Waals surface area contributed by atoms with Crippen LogP contribution in [0.4, 0.5) is 0 Å². The van der Waals surface area contributed by atoms with Crippen molar-refractivity contribution in [3.63, 3.8) is 0 Å². The van der Waals surface area contributed by atoms with Crippen molar-refractivity contribution in [2.45, 2.75) is 51.6 Å². The summed E-state index contributed by atoms with van der Waals surface area (Å²) in [6.07, 6.45) is 4.52. The normalized spacial score (nSPS) is 19.2. The fraction of sp³-hybridized carbons (Fsp3) is 0.933. The van der Waals surface area contributed by atoms with Crippen LogP contribution in [0, 0.1) is 10.8 Å². The SMILES string of the molecule is CN(CCCCC(C)(C)C(=N)N)CC1(O)CCOCC1. The summed E-state index contributed by atoms with van der Waals surface area (Å²) in [6, 6.07) is 0. The van der Waals surface area contributed by atoms with E-state index >= 15 is 0 Å². The van der Waals surface area contributed by atoms with Gasteiger partial charge in [-0.25, -0.2) is 0 Å². The van der Waals surface area contributed by atoms with Crippen LogP contribution in [0.2, 0.25) is 0 Å². The Balaban J connectivity index is 2.20. The van der Waals surface area contributed by atoms with Gasteiger partial charge in [-0.1, -0.05) is 20.3 Å². The van der Waals surface area contributed by atoms with Crippen molar-refractivity contribution in [3.05, 3.63) is 0 Å². The Morgan fingerprint density at radius 3 is 2.50 bits per heavy atom. The number of nitrogens with one attached hydrogen (secondary N) is 1. The molecule has 1 aliphatic rings. The lowest BCUT2D eigenvalue weighted by molar-refractivity contribution is -0.0769. The third-order valence-electron chi connectivity index (χ3n) is 4.31. The molecule has 0 unspecified atom stereocenters. The second-order valence-electron chi connectivity index (χ2n) is 6.83. The predicted octanol–water partition coefficient (Wildman–Crippen LogP) is 1.59. The minimum atomic E-state index is -0.578.